The third-order valence-electron chi connectivity index (χ3n) is 2.73. The maximum Gasteiger partial charge on any atom is 0.416 e. The summed E-state index contributed by atoms with van der Waals surface area (Å²) in [5.74, 6) is -0.469. The summed E-state index contributed by atoms with van der Waals surface area (Å²) in [5.41, 5.74) is -0.148. The number of amides is 1. The van der Waals surface area contributed by atoms with Crippen LogP contribution in [0.2, 0.25) is 0 Å². The van der Waals surface area contributed by atoms with Crippen molar-refractivity contribution in [1.82, 2.24) is 4.90 Å². The number of hydrogen-bond donors (Lipinski definition) is 0. The predicted molar refractivity (Wildman–Crippen MR) is 72.6 cm³/mol. The van der Waals surface area contributed by atoms with E-state index in [1.165, 1.54) is 17.0 Å². The molecule has 0 fully saturated rings. The van der Waals surface area contributed by atoms with E-state index in [4.69, 9.17) is 23.2 Å². The summed E-state index contributed by atoms with van der Waals surface area (Å²) in [6.45, 7) is 3.71. The molecule has 0 heterocycles. The quantitative estimate of drug-likeness (QED) is 0.757. The zero-order chi connectivity index (χ0) is 15.5. The van der Waals surface area contributed by atoms with Gasteiger partial charge < -0.3 is 4.90 Å². The monoisotopic (exact) mass is 327 g/mol. The highest BCUT2D eigenvalue weighted by Crippen LogP contribution is 2.29. The Hall–Kier alpha value is -0.940. The highest BCUT2D eigenvalue weighted by Gasteiger charge is 2.30. The fourth-order valence-electron chi connectivity index (χ4n) is 1.64. The largest absolute Gasteiger partial charge is 0.416 e. The Morgan fingerprint density at radius 1 is 1.20 bits per heavy atom. The van der Waals surface area contributed by atoms with Crippen LogP contribution in [0.1, 0.15) is 25.0 Å². The van der Waals surface area contributed by atoms with E-state index < -0.39 is 22.5 Å². The molecule has 0 saturated heterocycles. The van der Waals surface area contributed by atoms with Gasteiger partial charge >= 0.3 is 6.18 Å². The number of alkyl halides is 5. The standard InChI is InChI=1S/C13H14Cl2F3NO/c1-8(2)19(12(20)11(14)15)7-9-3-5-10(6-4-9)13(16,17)18/h3-6,8,11H,7H2,1-2H3. The van der Waals surface area contributed by atoms with Crippen LogP contribution in [0, 0.1) is 0 Å². The van der Waals surface area contributed by atoms with E-state index >= 15 is 0 Å². The van der Waals surface area contributed by atoms with Crippen molar-refractivity contribution in [2.45, 2.75) is 37.4 Å². The second-order valence-corrected chi connectivity index (χ2v) is 5.65. The molecule has 0 unspecified atom stereocenters. The zero-order valence-electron chi connectivity index (χ0n) is 10.9. The molecule has 1 aromatic rings. The van der Waals surface area contributed by atoms with Gasteiger partial charge in [0, 0.05) is 12.6 Å². The van der Waals surface area contributed by atoms with Crippen LogP contribution in [-0.4, -0.2) is 21.7 Å². The van der Waals surface area contributed by atoms with Crippen LogP contribution in [0.4, 0.5) is 13.2 Å². The van der Waals surface area contributed by atoms with Gasteiger partial charge in [-0.25, -0.2) is 0 Å². The molecule has 0 bridgehead atoms. The molecule has 0 radical (unpaired) electrons. The summed E-state index contributed by atoms with van der Waals surface area (Å²) >= 11 is 11.1. The topological polar surface area (TPSA) is 20.3 Å². The molecule has 1 aromatic carbocycles. The number of rotatable bonds is 4. The van der Waals surface area contributed by atoms with E-state index in [2.05, 4.69) is 0 Å². The van der Waals surface area contributed by atoms with E-state index in [9.17, 15) is 18.0 Å². The number of nitrogens with zero attached hydrogens (tertiary/aromatic N) is 1. The average Bonchev–Trinajstić information content (AvgIpc) is 2.34. The van der Waals surface area contributed by atoms with Crippen LogP contribution in [0.25, 0.3) is 0 Å². The first-order valence-electron chi connectivity index (χ1n) is 5.87. The van der Waals surface area contributed by atoms with E-state index in [0.29, 0.717) is 5.56 Å². The van der Waals surface area contributed by atoms with Gasteiger partial charge in [-0.1, -0.05) is 35.3 Å². The Morgan fingerprint density at radius 2 is 1.70 bits per heavy atom. The fourth-order valence-corrected chi connectivity index (χ4v) is 1.89. The SMILES string of the molecule is CC(C)N(Cc1ccc(C(F)(F)F)cc1)C(=O)C(Cl)Cl. The molecule has 7 heteroatoms. The minimum absolute atomic E-state index is 0.157. The number of halogens is 5. The van der Waals surface area contributed by atoms with Gasteiger partial charge in [0.25, 0.3) is 5.91 Å². The number of carbonyl (C=O) groups is 1. The van der Waals surface area contributed by atoms with Gasteiger partial charge in [0.1, 0.15) is 0 Å². The first-order chi connectivity index (χ1) is 9.12. The Balaban J connectivity index is 2.88. The summed E-state index contributed by atoms with van der Waals surface area (Å²) in [5, 5.41) is 0. The van der Waals surface area contributed by atoms with Gasteiger partial charge in [0.05, 0.1) is 5.56 Å². The van der Waals surface area contributed by atoms with Gasteiger partial charge in [0.2, 0.25) is 0 Å². The van der Waals surface area contributed by atoms with Gasteiger partial charge in [0.15, 0.2) is 4.84 Å². The highest BCUT2D eigenvalue weighted by atomic mass is 35.5. The molecule has 0 aliphatic rings. The molecule has 0 aromatic heterocycles. The van der Waals surface area contributed by atoms with Crippen molar-refractivity contribution in [2.75, 3.05) is 0 Å². The third-order valence-corrected chi connectivity index (χ3v) is 3.10. The third kappa shape index (κ3) is 4.56. The van der Waals surface area contributed by atoms with Crippen LogP contribution in [0.3, 0.4) is 0 Å². The lowest BCUT2D eigenvalue weighted by Gasteiger charge is -2.27. The van der Waals surface area contributed by atoms with E-state index in [1.807, 2.05) is 0 Å². The molecule has 0 aliphatic carbocycles. The van der Waals surface area contributed by atoms with Crippen LogP contribution < -0.4 is 0 Å². The van der Waals surface area contributed by atoms with Crippen molar-refractivity contribution in [1.29, 1.82) is 0 Å². The van der Waals surface area contributed by atoms with E-state index in [-0.39, 0.29) is 12.6 Å². The Bertz CT molecular complexity index is 458. The molecule has 20 heavy (non-hydrogen) atoms. The molecule has 0 aliphatic heterocycles. The second-order valence-electron chi connectivity index (χ2n) is 4.56. The molecule has 2 nitrogen and oxygen atoms in total. The minimum atomic E-state index is -4.37. The Morgan fingerprint density at radius 3 is 2.05 bits per heavy atom. The lowest BCUT2D eigenvalue weighted by Crippen LogP contribution is -2.39. The smallest absolute Gasteiger partial charge is 0.334 e. The zero-order valence-corrected chi connectivity index (χ0v) is 12.4. The molecular weight excluding hydrogens is 314 g/mol. The maximum atomic E-state index is 12.4. The van der Waals surface area contributed by atoms with Crippen molar-refractivity contribution in [3.63, 3.8) is 0 Å². The molecule has 112 valence electrons. The number of benzene rings is 1. The van der Waals surface area contributed by atoms with Crippen LogP contribution in [-0.2, 0) is 17.5 Å². The van der Waals surface area contributed by atoms with Gasteiger partial charge in [-0.2, -0.15) is 13.2 Å². The first kappa shape index (κ1) is 17.1. The fraction of sp³-hybridized carbons (Fsp3) is 0.462. The summed E-state index contributed by atoms with van der Waals surface area (Å²) in [7, 11) is 0. The second kappa shape index (κ2) is 6.68. The maximum absolute atomic E-state index is 12.4. The summed E-state index contributed by atoms with van der Waals surface area (Å²) < 4.78 is 37.3. The van der Waals surface area contributed by atoms with E-state index in [0.717, 1.165) is 12.1 Å². The molecule has 0 atom stereocenters. The van der Waals surface area contributed by atoms with Crippen molar-refractivity contribution >= 4 is 29.1 Å². The summed E-state index contributed by atoms with van der Waals surface area (Å²) in [6, 6.07) is 4.48. The van der Waals surface area contributed by atoms with Crippen molar-refractivity contribution in [3.8, 4) is 0 Å². The van der Waals surface area contributed by atoms with Gasteiger partial charge in [-0.05, 0) is 31.5 Å². The Labute approximate surface area is 125 Å². The lowest BCUT2D eigenvalue weighted by molar-refractivity contribution is -0.137. The summed E-state index contributed by atoms with van der Waals surface area (Å²) in [6.07, 6.45) is -4.37. The molecule has 1 amide bonds. The lowest BCUT2D eigenvalue weighted by atomic mass is 10.1. The van der Waals surface area contributed by atoms with E-state index in [1.54, 1.807) is 13.8 Å². The van der Waals surface area contributed by atoms with Crippen molar-refractivity contribution in [3.05, 3.63) is 35.4 Å². The first-order valence-corrected chi connectivity index (χ1v) is 6.75. The summed E-state index contributed by atoms with van der Waals surface area (Å²) in [4.78, 5) is 12.0. The van der Waals surface area contributed by atoms with Crippen molar-refractivity contribution in [2.24, 2.45) is 0 Å². The minimum Gasteiger partial charge on any atom is -0.334 e. The Kier molecular flexibility index (Phi) is 5.71. The number of hydrogen-bond acceptors (Lipinski definition) is 1. The van der Waals surface area contributed by atoms with Gasteiger partial charge in [-0.3, -0.25) is 4.79 Å². The predicted octanol–water partition coefficient (Wildman–Crippen LogP) is 4.25. The molecule has 0 N–H and O–H groups in total. The van der Waals surface area contributed by atoms with Crippen molar-refractivity contribution < 1.29 is 18.0 Å². The molecule has 0 saturated carbocycles. The van der Waals surface area contributed by atoms with Gasteiger partial charge in [-0.15, -0.1) is 0 Å². The molecule has 1 rings (SSSR count). The van der Waals surface area contributed by atoms with Crippen LogP contribution >= 0.6 is 23.2 Å². The molecule has 0 spiro atoms. The highest BCUT2D eigenvalue weighted by molar-refractivity contribution is 6.53. The number of carbonyl (C=O) groups excluding carboxylic acids is 1. The average molecular weight is 328 g/mol. The normalized spacial score (nSPS) is 12.1. The van der Waals surface area contributed by atoms with Crippen LogP contribution in [0.5, 0.6) is 0 Å². The van der Waals surface area contributed by atoms with Crippen LogP contribution in [0.15, 0.2) is 24.3 Å². The molecular formula is C13H14Cl2F3NO.